The third kappa shape index (κ3) is 0.949. The summed E-state index contributed by atoms with van der Waals surface area (Å²) in [7, 11) is 0. The largest absolute Gasteiger partial charge is 0.361 e. The van der Waals surface area contributed by atoms with Crippen LogP contribution in [0.5, 0.6) is 0 Å². The van der Waals surface area contributed by atoms with Crippen LogP contribution >= 0.6 is 0 Å². The van der Waals surface area contributed by atoms with Crippen molar-refractivity contribution in [3.8, 4) is 0 Å². The average molecular weight is 156 g/mol. The molecule has 0 saturated carbocycles. The zero-order valence-corrected chi connectivity index (χ0v) is 6.46. The van der Waals surface area contributed by atoms with Gasteiger partial charge in [-0.2, -0.15) is 0 Å². The number of rotatable bonds is 1. The highest BCUT2D eigenvalue weighted by molar-refractivity contribution is 5.93. The molecule has 1 aromatic carbocycles. The fraction of sp³-hybridized carbons (Fsp3) is 0. The topological polar surface area (TPSA) is 39.6 Å². The number of fused-ring (bicyclic) bond motifs is 1. The Hall–Kier alpha value is -1.79. The van der Waals surface area contributed by atoms with E-state index in [1.807, 2.05) is 30.5 Å². The molecule has 0 fully saturated rings. The van der Waals surface area contributed by atoms with Gasteiger partial charge in [0.2, 0.25) is 0 Å². The summed E-state index contributed by atoms with van der Waals surface area (Å²) in [5.74, 6) is 2.27. The number of hydrogen-bond donors (Lipinski definition) is 2. The van der Waals surface area contributed by atoms with Crippen molar-refractivity contribution in [3.63, 3.8) is 0 Å². The van der Waals surface area contributed by atoms with Crippen molar-refractivity contribution in [1.29, 1.82) is 5.41 Å². The summed E-state index contributed by atoms with van der Waals surface area (Å²) in [6.45, 7) is 0. The van der Waals surface area contributed by atoms with E-state index in [1.165, 1.54) is 0 Å². The summed E-state index contributed by atoms with van der Waals surface area (Å²) in [6.07, 6.45) is 3.53. The Morgan fingerprint density at radius 1 is 1.33 bits per heavy atom. The number of nitrogens with one attached hydrogen (secondary N) is 2. The zero-order chi connectivity index (χ0) is 8.39. The molecule has 0 radical (unpaired) electrons. The Kier molecular flexibility index (Phi) is 1.54. The molecule has 0 spiro atoms. The van der Waals surface area contributed by atoms with E-state index < -0.39 is 0 Å². The lowest BCUT2D eigenvalue weighted by Crippen LogP contribution is -1.66. The Balaban J connectivity index is 2.78. The quantitative estimate of drug-likeness (QED) is 0.595. The minimum absolute atomic E-state index is 1.01. The number of benzene rings is 1. The predicted molar refractivity (Wildman–Crippen MR) is 50.5 cm³/mol. The number of aromatic amines is 1. The van der Waals surface area contributed by atoms with E-state index >= 15 is 0 Å². The Morgan fingerprint density at radius 3 is 3.00 bits per heavy atom. The molecule has 2 nitrogen and oxygen atoms in total. The summed E-state index contributed by atoms with van der Waals surface area (Å²) in [5, 5.41) is 7.97. The average Bonchev–Trinajstić information content (AvgIpc) is 2.50. The number of H-pyrrole nitrogens is 1. The minimum atomic E-state index is 1.01. The van der Waals surface area contributed by atoms with Crippen molar-refractivity contribution < 1.29 is 0 Å². The molecule has 0 saturated heterocycles. The molecule has 0 amide bonds. The standard InChI is InChI=1S/C10H8N2/c11-6-5-8-7-12-10-4-2-1-3-9(8)10/h1-5,7,11-12H. The molecular formula is C10H8N2. The first-order chi connectivity index (χ1) is 5.92. The zero-order valence-electron chi connectivity index (χ0n) is 6.46. The highest BCUT2D eigenvalue weighted by Crippen LogP contribution is 2.17. The molecule has 0 unspecified atom stereocenters. The van der Waals surface area contributed by atoms with Gasteiger partial charge in [-0.15, -0.1) is 0 Å². The van der Waals surface area contributed by atoms with Gasteiger partial charge in [0, 0.05) is 28.7 Å². The van der Waals surface area contributed by atoms with Crippen molar-refractivity contribution >= 4 is 22.8 Å². The maximum absolute atomic E-state index is 6.83. The van der Waals surface area contributed by atoms with E-state index in [0.29, 0.717) is 0 Å². The first-order valence-electron chi connectivity index (χ1n) is 3.73. The second kappa shape index (κ2) is 2.68. The third-order valence-corrected chi connectivity index (χ3v) is 1.85. The van der Waals surface area contributed by atoms with Gasteiger partial charge in [-0.05, 0) is 11.9 Å². The van der Waals surface area contributed by atoms with Crippen molar-refractivity contribution in [2.45, 2.75) is 0 Å². The van der Waals surface area contributed by atoms with Crippen molar-refractivity contribution in [3.05, 3.63) is 36.0 Å². The van der Waals surface area contributed by atoms with E-state index in [9.17, 15) is 0 Å². The van der Waals surface area contributed by atoms with Gasteiger partial charge in [0.25, 0.3) is 0 Å². The van der Waals surface area contributed by atoms with Crippen LogP contribution in [0.3, 0.4) is 0 Å². The van der Waals surface area contributed by atoms with E-state index in [1.54, 1.807) is 6.08 Å². The van der Waals surface area contributed by atoms with Crippen LogP contribution in [0.1, 0.15) is 5.56 Å². The van der Waals surface area contributed by atoms with Crippen LogP contribution < -0.4 is 0 Å². The number of para-hydroxylation sites is 1. The van der Waals surface area contributed by atoms with Crippen LogP contribution in [0.15, 0.2) is 30.5 Å². The van der Waals surface area contributed by atoms with Crippen LogP contribution in [0.4, 0.5) is 0 Å². The fourth-order valence-corrected chi connectivity index (χ4v) is 1.29. The third-order valence-electron chi connectivity index (χ3n) is 1.85. The van der Waals surface area contributed by atoms with Crippen LogP contribution in [0.2, 0.25) is 0 Å². The maximum atomic E-state index is 6.83. The molecule has 1 aromatic heterocycles. The summed E-state index contributed by atoms with van der Waals surface area (Å²) in [6, 6.07) is 8.00. The summed E-state index contributed by atoms with van der Waals surface area (Å²) < 4.78 is 0. The van der Waals surface area contributed by atoms with Gasteiger partial charge in [-0.1, -0.05) is 18.2 Å². The molecule has 0 aliphatic carbocycles. The van der Waals surface area contributed by atoms with Crippen LogP contribution in [-0.2, 0) is 0 Å². The highest BCUT2D eigenvalue weighted by Gasteiger charge is 1.97. The monoisotopic (exact) mass is 156 g/mol. The number of hydrogen-bond acceptors (Lipinski definition) is 1. The van der Waals surface area contributed by atoms with Crippen LogP contribution in [-0.4, -0.2) is 10.9 Å². The van der Waals surface area contributed by atoms with E-state index in [2.05, 4.69) is 10.9 Å². The lowest BCUT2D eigenvalue weighted by atomic mass is 10.2. The predicted octanol–water partition coefficient (Wildman–Crippen LogP) is 2.43. The first kappa shape index (κ1) is 6.89. The van der Waals surface area contributed by atoms with Crippen LogP contribution in [0, 0.1) is 5.41 Å². The molecule has 2 aromatic rings. The van der Waals surface area contributed by atoms with Gasteiger partial charge in [0.15, 0.2) is 0 Å². The lowest BCUT2D eigenvalue weighted by Gasteiger charge is -1.87. The first-order valence-corrected chi connectivity index (χ1v) is 3.73. The maximum Gasteiger partial charge on any atom is 0.0460 e. The second-order valence-electron chi connectivity index (χ2n) is 2.58. The van der Waals surface area contributed by atoms with Crippen molar-refractivity contribution in [1.82, 2.24) is 4.98 Å². The minimum Gasteiger partial charge on any atom is -0.361 e. The van der Waals surface area contributed by atoms with E-state index in [0.717, 1.165) is 16.5 Å². The Morgan fingerprint density at radius 2 is 2.17 bits per heavy atom. The van der Waals surface area contributed by atoms with Gasteiger partial charge in [-0.25, -0.2) is 0 Å². The Labute approximate surface area is 70.0 Å². The second-order valence-corrected chi connectivity index (χ2v) is 2.58. The van der Waals surface area contributed by atoms with E-state index in [-0.39, 0.29) is 0 Å². The molecule has 12 heavy (non-hydrogen) atoms. The summed E-state index contributed by atoms with van der Waals surface area (Å²) in [4.78, 5) is 3.12. The van der Waals surface area contributed by atoms with Gasteiger partial charge in [-0.3, -0.25) is 5.41 Å². The molecule has 2 heteroatoms. The van der Waals surface area contributed by atoms with Gasteiger partial charge >= 0.3 is 0 Å². The normalized spacial score (nSPS) is 9.67. The van der Waals surface area contributed by atoms with Crippen molar-refractivity contribution in [2.75, 3.05) is 0 Å². The molecule has 2 N–H and O–H groups in total. The molecule has 2 rings (SSSR count). The van der Waals surface area contributed by atoms with Crippen LogP contribution in [0.25, 0.3) is 17.0 Å². The highest BCUT2D eigenvalue weighted by atomic mass is 14.7. The lowest BCUT2D eigenvalue weighted by molar-refractivity contribution is 1.47. The molecule has 0 aliphatic heterocycles. The molecule has 0 aliphatic rings. The molecule has 1 heterocycles. The van der Waals surface area contributed by atoms with Gasteiger partial charge in [0.1, 0.15) is 0 Å². The van der Waals surface area contributed by atoms with Gasteiger partial charge in [0.05, 0.1) is 0 Å². The number of aromatic nitrogens is 1. The van der Waals surface area contributed by atoms with Crippen molar-refractivity contribution in [2.24, 2.45) is 0 Å². The Bertz CT molecular complexity index is 448. The molecule has 0 atom stereocenters. The molecular weight excluding hydrogens is 148 g/mol. The molecule has 0 bridgehead atoms. The smallest absolute Gasteiger partial charge is 0.0460 e. The SMILES string of the molecule is N=C=Cc1c[nH]c2ccccc12. The fourth-order valence-electron chi connectivity index (χ4n) is 1.29. The van der Waals surface area contributed by atoms with E-state index in [4.69, 9.17) is 5.41 Å². The van der Waals surface area contributed by atoms with Gasteiger partial charge < -0.3 is 4.98 Å². The summed E-state index contributed by atoms with van der Waals surface area (Å²) >= 11 is 0. The molecule has 58 valence electrons. The summed E-state index contributed by atoms with van der Waals surface area (Å²) in [5.41, 5.74) is 2.11.